The van der Waals surface area contributed by atoms with Gasteiger partial charge in [0.2, 0.25) is 5.91 Å². The minimum atomic E-state index is -0.0611. The van der Waals surface area contributed by atoms with E-state index in [9.17, 15) is 9.59 Å². The molecule has 0 saturated carbocycles. The molecule has 0 saturated heterocycles. The van der Waals surface area contributed by atoms with Gasteiger partial charge in [-0.05, 0) is 20.3 Å². The summed E-state index contributed by atoms with van der Waals surface area (Å²) in [5.41, 5.74) is 0.790. The highest BCUT2D eigenvalue weighted by Gasteiger charge is 2.28. The molecule has 0 spiro atoms. The number of nitrogens with zero attached hydrogens (tertiary/aromatic N) is 3. The Labute approximate surface area is 123 Å². The third-order valence-corrected chi connectivity index (χ3v) is 4.73. The van der Waals surface area contributed by atoms with Crippen molar-refractivity contribution in [1.29, 1.82) is 0 Å². The average molecular weight is 295 g/mol. The third kappa shape index (κ3) is 2.90. The van der Waals surface area contributed by atoms with Crippen LogP contribution in [0.2, 0.25) is 0 Å². The zero-order valence-corrected chi connectivity index (χ0v) is 13.1. The van der Waals surface area contributed by atoms with E-state index < -0.39 is 0 Å². The number of aromatic nitrogens is 2. The summed E-state index contributed by atoms with van der Waals surface area (Å²) in [5.74, 6) is 0.863. The lowest BCUT2D eigenvalue weighted by Crippen LogP contribution is -2.34. The van der Waals surface area contributed by atoms with Crippen molar-refractivity contribution in [1.82, 2.24) is 14.5 Å². The predicted molar refractivity (Wildman–Crippen MR) is 80.2 cm³/mol. The second kappa shape index (κ2) is 6.43. The van der Waals surface area contributed by atoms with Crippen LogP contribution in [-0.4, -0.2) is 39.2 Å². The number of fused-ring (bicyclic) bond motifs is 1. The maximum atomic E-state index is 12.2. The van der Waals surface area contributed by atoms with Crippen LogP contribution in [0.4, 0.5) is 0 Å². The van der Waals surface area contributed by atoms with Gasteiger partial charge in [-0.3, -0.25) is 14.2 Å². The lowest BCUT2D eigenvalue weighted by atomic mass is 10.2. The fourth-order valence-corrected chi connectivity index (χ4v) is 3.61. The van der Waals surface area contributed by atoms with E-state index in [1.807, 2.05) is 25.7 Å². The molecule has 5 nitrogen and oxygen atoms in total. The molecule has 0 radical (unpaired) electrons. The first kappa shape index (κ1) is 15.1. The smallest absolute Gasteiger partial charge is 0.254 e. The average Bonchev–Trinajstić information content (AvgIpc) is 2.83. The third-order valence-electron chi connectivity index (χ3n) is 3.63. The van der Waals surface area contributed by atoms with Gasteiger partial charge in [-0.25, -0.2) is 4.98 Å². The number of thioether (sulfide) groups is 1. The fraction of sp³-hybridized carbons (Fsp3) is 0.643. The van der Waals surface area contributed by atoms with Crippen LogP contribution in [0.5, 0.6) is 0 Å². The Kier molecular flexibility index (Phi) is 4.86. The number of aryl methyl sites for hydroxylation is 1. The van der Waals surface area contributed by atoms with E-state index in [1.165, 1.54) is 0 Å². The molecule has 1 aliphatic heterocycles. The van der Waals surface area contributed by atoms with Crippen molar-refractivity contribution in [2.45, 2.75) is 44.8 Å². The molecule has 2 rings (SSSR count). The van der Waals surface area contributed by atoms with Crippen LogP contribution < -0.4 is 5.56 Å². The zero-order valence-electron chi connectivity index (χ0n) is 12.3. The Morgan fingerprint density at radius 3 is 2.75 bits per heavy atom. The number of carbonyl (C=O) groups is 1. The minimum absolute atomic E-state index is 0.0332. The van der Waals surface area contributed by atoms with Gasteiger partial charge in [-0.15, -0.1) is 0 Å². The molecular weight excluding hydrogens is 274 g/mol. The number of carbonyl (C=O) groups excluding carboxylic acids is 1. The second-order valence-corrected chi connectivity index (χ2v) is 5.81. The minimum Gasteiger partial charge on any atom is -0.343 e. The number of amides is 1. The van der Waals surface area contributed by atoms with Gasteiger partial charge < -0.3 is 4.90 Å². The first-order valence-corrected chi connectivity index (χ1v) is 8.12. The number of hydrogen-bond acceptors (Lipinski definition) is 4. The van der Waals surface area contributed by atoms with Crippen molar-refractivity contribution < 1.29 is 4.79 Å². The van der Waals surface area contributed by atoms with Crippen LogP contribution in [0.25, 0.3) is 0 Å². The molecule has 110 valence electrons. The SMILES string of the molecule is CCc1cc(=O)n2c(n1)SCC2CC(=O)N(CC)CC. The van der Waals surface area contributed by atoms with Gasteiger partial charge in [0.1, 0.15) is 0 Å². The molecule has 0 N–H and O–H groups in total. The maximum Gasteiger partial charge on any atom is 0.254 e. The second-order valence-electron chi connectivity index (χ2n) is 4.83. The van der Waals surface area contributed by atoms with Crippen LogP contribution in [0, 0.1) is 0 Å². The predicted octanol–water partition coefficient (Wildman–Crippen LogP) is 1.71. The molecule has 0 aromatic carbocycles. The lowest BCUT2D eigenvalue weighted by Gasteiger charge is -2.21. The van der Waals surface area contributed by atoms with Gasteiger partial charge in [-0.2, -0.15) is 0 Å². The Morgan fingerprint density at radius 2 is 2.15 bits per heavy atom. The van der Waals surface area contributed by atoms with Crippen molar-refractivity contribution in [3.05, 3.63) is 22.1 Å². The summed E-state index contributed by atoms with van der Waals surface area (Å²) in [5, 5.41) is 0.756. The highest BCUT2D eigenvalue weighted by atomic mass is 32.2. The molecule has 1 aromatic heterocycles. The van der Waals surface area contributed by atoms with Crippen LogP contribution in [-0.2, 0) is 11.2 Å². The van der Waals surface area contributed by atoms with Crippen molar-refractivity contribution in [2.75, 3.05) is 18.8 Å². The summed E-state index contributed by atoms with van der Waals surface area (Å²) in [6, 6.07) is 1.53. The zero-order chi connectivity index (χ0) is 14.7. The highest BCUT2D eigenvalue weighted by molar-refractivity contribution is 7.99. The van der Waals surface area contributed by atoms with Gasteiger partial charge in [-0.1, -0.05) is 18.7 Å². The van der Waals surface area contributed by atoms with Crippen molar-refractivity contribution in [3.63, 3.8) is 0 Å². The summed E-state index contributed by atoms with van der Waals surface area (Å²) in [7, 11) is 0. The van der Waals surface area contributed by atoms with Crippen LogP contribution >= 0.6 is 11.8 Å². The summed E-state index contributed by atoms with van der Waals surface area (Å²) in [4.78, 5) is 30.6. The summed E-state index contributed by atoms with van der Waals surface area (Å²) in [6.07, 6.45) is 1.14. The van der Waals surface area contributed by atoms with Gasteiger partial charge >= 0.3 is 0 Å². The van der Waals surface area contributed by atoms with E-state index in [0.717, 1.165) is 23.0 Å². The topological polar surface area (TPSA) is 55.2 Å². The Bertz CT molecular complexity index is 552. The largest absolute Gasteiger partial charge is 0.343 e. The maximum absolute atomic E-state index is 12.2. The van der Waals surface area contributed by atoms with Gasteiger partial charge in [0, 0.05) is 37.0 Å². The van der Waals surface area contributed by atoms with Gasteiger partial charge in [0.05, 0.1) is 6.04 Å². The fourth-order valence-electron chi connectivity index (χ4n) is 2.44. The molecule has 1 aromatic rings. The van der Waals surface area contributed by atoms with Gasteiger partial charge in [0.25, 0.3) is 5.56 Å². The molecular formula is C14H21N3O2S. The van der Waals surface area contributed by atoms with Crippen molar-refractivity contribution >= 4 is 17.7 Å². The van der Waals surface area contributed by atoms with E-state index in [4.69, 9.17) is 0 Å². The monoisotopic (exact) mass is 295 g/mol. The summed E-state index contributed by atoms with van der Waals surface area (Å²) < 4.78 is 1.69. The Hall–Kier alpha value is -1.30. The van der Waals surface area contributed by atoms with E-state index in [0.29, 0.717) is 19.5 Å². The van der Waals surface area contributed by atoms with Crippen molar-refractivity contribution in [3.8, 4) is 0 Å². The molecule has 1 aliphatic rings. The quantitative estimate of drug-likeness (QED) is 0.776. The molecule has 6 heteroatoms. The Morgan fingerprint density at radius 1 is 1.45 bits per heavy atom. The van der Waals surface area contributed by atoms with E-state index >= 15 is 0 Å². The standard InChI is InChI=1S/C14H21N3O2S/c1-4-10-7-13(19)17-11(9-20-14(17)15-10)8-12(18)16(5-2)6-3/h7,11H,4-6,8-9H2,1-3H3. The van der Waals surface area contributed by atoms with Crippen molar-refractivity contribution in [2.24, 2.45) is 0 Å². The highest BCUT2D eigenvalue weighted by Crippen LogP contribution is 2.32. The number of rotatable bonds is 5. The first-order valence-electron chi connectivity index (χ1n) is 7.13. The van der Waals surface area contributed by atoms with Gasteiger partial charge in [0.15, 0.2) is 5.16 Å². The Balaban J connectivity index is 2.20. The van der Waals surface area contributed by atoms with Crippen LogP contribution in [0.3, 0.4) is 0 Å². The molecule has 20 heavy (non-hydrogen) atoms. The molecule has 1 unspecified atom stereocenters. The summed E-state index contributed by atoms with van der Waals surface area (Å²) in [6.45, 7) is 7.35. The lowest BCUT2D eigenvalue weighted by molar-refractivity contribution is -0.131. The van der Waals surface area contributed by atoms with E-state index in [-0.39, 0.29) is 17.5 Å². The summed E-state index contributed by atoms with van der Waals surface area (Å²) >= 11 is 1.57. The first-order chi connectivity index (χ1) is 9.60. The molecule has 0 aliphatic carbocycles. The molecule has 0 bridgehead atoms. The van der Waals surface area contributed by atoms with Crippen LogP contribution in [0.15, 0.2) is 16.0 Å². The molecule has 0 fully saturated rings. The van der Waals surface area contributed by atoms with E-state index in [1.54, 1.807) is 22.4 Å². The van der Waals surface area contributed by atoms with E-state index in [2.05, 4.69) is 4.98 Å². The molecule has 1 amide bonds. The molecule has 1 atom stereocenters. The number of hydrogen-bond donors (Lipinski definition) is 0. The van der Waals surface area contributed by atoms with Crippen LogP contribution in [0.1, 0.15) is 38.9 Å². The molecule has 2 heterocycles. The normalized spacial score (nSPS) is 17.1.